The number of nitrogens with two attached hydrogens (primary N) is 1. The van der Waals surface area contributed by atoms with E-state index in [9.17, 15) is 4.79 Å². The summed E-state index contributed by atoms with van der Waals surface area (Å²) in [5.74, 6) is 0. The summed E-state index contributed by atoms with van der Waals surface area (Å²) in [5.41, 5.74) is 7.68. The van der Waals surface area contributed by atoms with Crippen molar-refractivity contribution < 1.29 is 9.53 Å². The number of hydrogen-bond acceptors (Lipinski definition) is 3. The Bertz CT molecular complexity index is 367. The van der Waals surface area contributed by atoms with Crippen molar-refractivity contribution in [1.82, 2.24) is 4.90 Å². The van der Waals surface area contributed by atoms with E-state index in [0.29, 0.717) is 0 Å². The van der Waals surface area contributed by atoms with Crippen LogP contribution in [0.4, 0.5) is 4.79 Å². The van der Waals surface area contributed by atoms with E-state index < -0.39 is 6.09 Å². The number of primary amides is 1. The SMILES string of the molecule is CC(CN1Cc2ccccc2C1)OC(N)=O. The molecule has 0 bridgehead atoms. The summed E-state index contributed by atoms with van der Waals surface area (Å²) < 4.78 is 4.91. The van der Waals surface area contributed by atoms with Crippen molar-refractivity contribution in [2.75, 3.05) is 6.54 Å². The monoisotopic (exact) mass is 220 g/mol. The van der Waals surface area contributed by atoms with Crippen LogP contribution in [0.5, 0.6) is 0 Å². The number of carbonyl (C=O) groups is 1. The summed E-state index contributed by atoms with van der Waals surface area (Å²) in [5, 5.41) is 0. The van der Waals surface area contributed by atoms with Gasteiger partial charge in [0.05, 0.1) is 0 Å². The average molecular weight is 220 g/mol. The zero-order chi connectivity index (χ0) is 11.5. The Balaban J connectivity index is 1.89. The number of rotatable bonds is 3. The van der Waals surface area contributed by atoms with Crippen LogP contribution in [0, 0.1) is 0 Å². The molecule has 1 atom stereocenters. The standard InChI is InChI=1S/C12H16N2O2/c1-9(16-12(13)15)6-14-7-10-4-2-3-5-11(10)8-14/h2-5,9H,6-8H2,1H3,(H2,13,15). The quantitative estimate of drug-likeness (QED) is 0.839. The summed E-state index contributed by atoms with van der Waals surface area (Å²) in [4.78, 5) is 12.8. The van der Waals surface area contributed by atoms with Gasteiger partial charge < -0.3 is 10.5 Å². The third kappa shape index (κ3) is 2.52. The molecule has 16 heavy (non-hydrogen) atoms. The number of amides is 1. The summed E-state index contributed by atoms with van der Waals surface area (Å²) in [7, 11) is 0. The molecule has 0 radical (unpaired) electrons. The maximum absolute atomic E-state index is 10.6. The van der Waals surface area contributed by atoms with Crippen molar-refractivity contribution in [2.45, 2.75) is 26.1 Å². The smallest absolute Gasteiger partial charge is 0.404 e. The van der Waals surface area contributed by atoms with E-state index in [1.54, 1.807) is 0 Å². The highest BCUT2D eigenvalue weighted by molar-refractivity contribution is 5.64. The second kappa shape index (κ2) is 4.53. The lowest BCUT2D eigenvalue weighted by Gasteiger charge is -2.19. The molecule has 0 aliphatic carbocycles. The lowest BCUT2D eigenvalue weighted by molar-refractivity contribution is 0.0859. The van der Waals surface area contributed by atoms with Gasteiger partial charge >= 0.3 is 6.09 Å². The van der Waals surface area contributed by atoms with Gasteiger partial charge in [-0.25, -0.2) is 4.79 Å². The van der Waals surface area contributed by atoms with Crippen molar-refractivity contribution in [3.8, 4) is 0 Å². The number of fused-ring (bicyclic) bond motifs is 1. The normalized spacial score (nSPS) is 16.8. The van der Waals surface area contributed by atoms with Gasteiger partial charge in [-0.1, -0.05) is 24.3 Å². The van der Waals surface area contributed by atoms with Crippen molar-refractivity contribution >= 4 is 6.09 Å². The molecule has 1 unspecified atom stereocenters. The fourth-order valence-corrected chi connectivity index (χ4v) is 2.13. The first-order valence-electron chi connectivity index (χ1n) is 5.40. The first-order valence-corrected chi connectivity index (χ1v) is 5.40. The van der Waals surface area contributed by atoms with Gasteiger partial charge in [0.25, 0.3) is 0 Å². The molecule has 2 N–H and O–H groups in total. The van der Waals surface area contributed by atoms with E-state index in [4.69, 9.17) is 10.5 Å². The Kier molecular flexibility index (Phi) is 3.10. The van der Waals surface area contributed by atoms with E-state index >= 15 is 0 Å². The Morgan fingerprint density at radius 1 is 1.44 bits per heavy atom. The molecular formula is C12H16N2O2. The molecule has 0 spiro atoms. The molecule has 1 amide bonds. The van der Waals surface area contributed by atoms with Crippen LogP contribution in [-0.4, -0.2) is 23.6 Å². The van der Waals surface area contributed by atoms with Crippen molar-refractivity contribution in [2.24, 2.45) is 5.73 Å². The van der Waals surface area contributed by atoms with Crippen LogP contribution in [0.3, 0.4) is 0 Å². The number of ether oxygens (including phenoxy) is 1. The Morgan fingerprint density at radius 3 is 2.50 bits per heavy atom. The van der Waals surface area contributed by atoms with Gasteiger partial charge in [-0.05, 0) is 18.1 Å². The van der Waals surface area contributed by atoms with E-state index in [2.05, 4.69) is 17.0 Å². The van der Waals surface area contributed by atoms with Gasteiger partial charge in [0.2, 0.25) is 0 Å². The van der Waals surface area contributed by atoms with E-state index in [1.165, 1.54) is 11.1 Å². The molecule has 1 aliphatic heterocycles. The summed E-state index contributed by atoms with van der Waals surface area (Å²) in [6.07, 6.45) is -0.865. The summed E-state index contributed by atoms with van der Waals surface area (Å²) >= 11 is 0. The zero-order valence-electron chi connectivity index (χ0n) is 9.35. The molecule has 2 rings (SSSR count). The molecule has 0 aromatic heterocycles. The molecular weight excluding hydrogens is 204 g/mol. The molecule has 4 nitrogen and oxygen atoms in total. The van der Waals surface area contributed by atoms with Crippen LogP contribution in [0.15, 0.2) is 24.3 Å². The number of nitrogens with zero attached hydrogens (tertiary/aromatic N) is 1. The molecule has 0 saturated heterocycles. The third-order valence-corrected chi connectivity index (χ3v) is 2.74. The van der Waals surface area contributed by atoms with Crippen LogP contribution in [0.25, 0.3) is 0 Å². The molecule has 4 heteroatoms. The van der Waals surface area contributed by atoms with Gasteiger partial charge in [-0.3, -0.25) is 4.90 Å². The maximum atomic E-state index is 10.6. The van der Waals surface area contributed by atoms with Crippen LogP contribution in [0.1, 0.15) is 18.1 Å². The van der Waals surface area contributed by atoms with Crippen LogP contribution in [0.2, 0.25) is 0 Å². The topological polar surface area (TPSA) is 55.6 Å². The minimum Gasteiger partial charge on any atom is -0.445 e. The van der Waals surface area contributed by atoms with Gasteiger partial charge in [-0.15, -0.1) is 0 Å². The minimum absolute atomic E-state index is 0.160. The fraction of sp³-hybridized carbons (Fsp3) is 0.417. The minimum atomic E-state index is -0.704. The van der Waals surface area contributed by atoms with Crippen LogP contribution >= 0.6 is 0 Å². The lowest BCUT2D eigenvalue weighted by atomic mass is 10.1. The third-order valence-electron chi connectivity index (χ3n) is 2.74. The van der Waals surface area contributed by atoms with Crippen molar-refractivity contribution in [3.05, 3.63) is 35.4 Å². The molecule has 86 valence electrons. The second-order valence-corrected chi connectivity index (χ2v) is 4.19. The van der Waals surface area contributed by atoms with Gasteiger partial charge in [0.1, 0.15) is 6.10 Å². The van der Waals surface area contributed by atoms with Crippen molar-refractivity contribution in [1.29, 1.82) is 0 Å². The van der Waals surface area contributed by atoms with Crippen molar-refractivity contribution in [3.63, 3.8) is 0 Å². The Labute approximate surface area is 95.0 Å². The van der Waals surface area contributed by atoms with Gasteiger partial charge in [0, 0.05) is 19.6 Å². The first kappa shape index (κ1) is 11.0. The first-order chi connectivity index (χ1) is 7.65. The largest absolute Gasteiger partial charge is 0.445 e. The van der Waals surface area contributed by atoms with Crippen LogP contribution in [-0.2, 0) is 17.8 Å². The molecule has 1 aromatic carbocycles. The Morgan fingerprint density at radius 2 is 2.00 bits per heavy atom. The summed E-state index contributed by atoms with van der Waals surface area (Å²) in [6, 6.07) is 8.36. The summed E-state index contributed by atoms with van der Waals surface area (Å²) in [6.45, 7) is 4.41. The molecule has 1 aliphatic rings. The van der Waals surface area contributed by atoms with E-state index in [-0.39, 0.29) is 6.10 Å². The van der Waals surface area contributed by atoms with E-state index in [1.807, 2.05) is 19.1 Å². The Hall–Kier alpha value is -1.55. The highest BCUT2D eigenvalue weighted by atomic mass is 16.6. The zero-order valence-corrected chi connectivity index (χ0v) is 9.35. The van der Waals surface area contributed by atoms with E-state index in [0.717, 1.165) is 19.6 Å². The highest BCUT2D eigenvalue weighted by Gasteiger charge is 2.20. The number of carbonyl (C=O) groups excluding carboxylic acids is 1. The molecule has 1 heterocycles. The average Bonchev–Trinajstić information content (AvgIpc) is 2.57. The number of benzene rings is 1. The second-order valence-electron chi connectivity index (χ2n) is 4.19. The molecule has 1 aromatic rings. The maximum Gasteiger partial charge on any atom is 0.404 e. The number of hydrogen-bond donors (Lipinski definition) is 1. The predicted molar refractivity (Wildman–Crippen MR) is 60.7 cm³/mol. The van der Waals surface area contributed by atoms with Gasteiger partial charge in [0.15, 0.2) is 0 Å². The molecule has 0 saturated carbocycles. The predicted octanol–water partition coefficient (Wildman–Crippen LogP) is 1.49. The highest BCUT2D eigenvalue weighted by Crippen LogP contribution is 2.22. The van der Waals surface area contributed by atoms with Crippen LogP contribution < -0.4 is 5.73 Å². The lowest BCUT2D eigenvalue weighted by Crippen LogP contribution is -2.31. The molecule has 0 fully saturated rings. The van der Waals surface area contributed by atoms with Gasteiger partial charge in [-0.2, -0.15) is 0 Å². The fourth-order valence-electron chi connectivity index (χ4n) is 2.13.